The maximum Gasteiger partial charge on any atom is 0.226 e. The standard InChI is InChI=1S/C26H21ClN4O3/c1-32-18-8-3-15(4-9-18)24-22-23(30-26-28-14-29-31(24)26)20-13-17(27)7-12-21(20)34-25(22)16-5-10-19(33-2)11-6-16/h3-14,24-25H,1-2H3,(H,28,29,30)/t24-,25+/m1/s1. The molecule has 34 heavy (non-hydrogen) atoms. The summed E-state index contributed by atoms with van der Waals surface area (Å²) in [5.74, 6) is 2.97. The minimum Gasteiger partial charge on any atom is -0.497 e. The third-order valence-electron chi connectivity index (χ3n) is 6.23. The fourth-order valence-corrected chi connectivity index (χ4v) is 4.77. The Morgan fingerprint density at radius 1 is 0.912 bits per heavy atom. The largest absolute Gasteiger partial charge is 0.497 e. The molecule has 8 heteroatoms. The lowest BCUT2D eigenvalue weighted by molar-refractivity contribution is 0.223. The molecule has 0 unspecified atom stereocenters. The van der Waals surface area contributed by atoms with Gasteiger partial charge in [-0.05, 0) is 53.6 Å². The van der Waals surface area contributed by atoms with Gasteiger partial charge in [-0.3, -0.25) is 0 Å². The lowest BCUT2D eigenvalue weighted by Gasteiger charge is -2.39. The summed E-state index contributed by atoms with van der Waals surface area (Å²) in [4.78, 5) is 4.46. The van der Waals surface area contributed by atoms with E-state index >= 15 is 0 Å². The van der Waals surface area contributed by atoms with Crippen molar-refractivity contribution in [2.24, 2.45) is 0 Å². The second-order valence-electron chi connectivity index (χ2n) is 8.07. The molecule has 4 aromatic rings. The van der Waals surface area contributed by atoms with E-state index < -0.39 is 0 Å². The van der Waals surface area contributed by atoms with Crippen molar-refractivity contribution in [3.8, 4) is 17.2 Å². The number of aromatic nitrogens is 3. The van der Waals surface area contributed by atoms with Gasteiger partial charge < -0.3 is 19.5 Å². The number of fused-ring (bicyclic) bond motifs is 3. The Balaban J connectivity index is 1.59. The minimum absolute atomic E-state index is 0.251. The lowest BCUT2D eigenvalue weighted by atomic mass is 9.84. The third kappa shape index (κ3) is 3.28. The number of ether oxygens (including phenoxy) is 3. The van der Waals surface area contributed by atoms with Crippen LogP contribution in [-0.2, 0) is 0 Å². The number of rotatable bonds is 4. The summed E-state index contributed by atoms with van der Waals surface area (Å²) in [7, 11) is 3.31. The van der Waals surface area contributed by atoms with Crippen molar-refractivity contribution in [2.45, 2.75) is 12.1 Å². The lowest BCUT2D eigenvalue weighted by Crippen LogP contribution is -2.32. The Morgan fingerprint density at radius 2 is 1.59 bits per heavy atom. The van der Waals surface area contributed by atoms with E-state index in [1.807, 2.05) is 71.4 Å². The van der Waals surface area contributed by atoms with Crippen LogP contribution in [0.25, 0.3) is 5.70 Å². The molecule has 0 amide bonds. The number of benzene rings is 3. The van der Waals surface area contributed by atoms with Crippen LogP contribution in [0.2, 0.25) is 5.02 Å². The maximum absolute atomic E-state index is 6.62. The molecule has 1 N–H and O–H groups in total. The summed E-state index contributed by atoms with van der Waals surface area (Å²) in [6.45, 7) is 0. The molecule has 0 bridgehead atoms. The molecule has 0 saturated heterocycles. The molecule has 1 aromatic heterocycles. The number of nitrogens with one attached hydrogen (secondary N) is 1. The zero-order valence-corrected chi connectivity index (χ0v) is 19.3. The molecule has 170 valence electrons. The van der Waals surface area contributed by atoms with Gasteiger partial charge in [0.15, 0.2) is 0 Å². The van der Waals surface area contributed by atoms with E-state index in [9.17, 15) is 0 Å². The molecule has 0 saturated carbocycles. The van der Waals surface area contributed by atoms with E-state index in [0.717, 1.165) is 45.2 Å². The SMILES string of the molecule is COc1ccc([C@@H]2Oc3ccc(Cl)cc3C3=C2[C@@H](c2ccc(OC)cc2)n2ncnc2N3)cc1. The molecule has 0 aliphatic carbocycles. The number of halogens is 1. The van der Waals surface area contributed by atoms with Crippen molar-refractivity contribution in [1.29, 1.82) is 0 Å². The van der Waals surface area contributed by atoms with Gasteiger partial charge in [-0.15, -0.1) is 0 Å². The highest BCUT2D eigenvalue weighted by Gasteiger charge is 2.41. The van der Waals surface area contributed by atoms with Crippen molar-refractivity contribution in [2.75, 3.05) is 19.5 Å². The number of hydrogen-bond acceptors (Lipinski definition) is 6. The Hall–Kier alpha value is -3.97. The van der Waals surface area contributed by atoms with Crippen LogP contribution in [0, 0.1) is 0 Å². The summed E-state index contributed by atoms with van der Waals surface area (Å²) in [5, 5.41) is 8.67. The van der Waals surface area contributed by atoms with E-state index in [1.54, 1.807) is 20.5 Å². The number of hydrogen-bond donors (Lipinski definition) is 1. The summed E-state index contributed by atoms with van der Waals surface area (Å²) >= 11 is 6.39. The molecule has 2 atom stereocenters. The number of nitrogens with zero attached hydrogens (tertiary/aromatic N) is 3. The predicted molar refractivity (Wildman–Crippen MR) is 130 cm³/mol. The van der Waals surface area contributed by atoms with Gasteiger partial charge in [0.25, 0.3) is 0 Å². The molecule has 0 fully saturated rings. The van der Waals surface area contributed by atoms with Crippen molar-refractivity contribution >= 4 is 23.2 Å². The van der Waals surface area contributed by atoms with Gasteiger partial charge in [-0.25, -0.2) is 4.68 Å². The van der Waals surface area contributed by atoms with Crippen molar-refractivity contribution in [3.05, 3.63) is 100 Å². The van der Waals surface area contributed by atoms with E-state index in [4.69, 9.17) is 25.8 Å². The second kappa shape index (κ2) is 8.11. The molecule has 0 spiro atoms. The van der Waals surface area contributed by atoms with E-state index in [2.05, 4.69) is 15.4 Å². The predicted octanol–water partition coefficient (Wildman–Crippen LogP) is 5.51. The summed E-state index contributed by atoms with van der Waals surface area (Å²) in [6.07, 6.45) is 1.19. The zero-order valence-electron chi connectivity index (χ0n) is 18.5. The summed E-state index contributed by atoms with van der Waals surface area (Å²) in [6, 6.07) is 21.3. The quantitative estimate of drug-likeness (QED) is 0.422. The van der Waals surface area contributed by atoms with E-state index in [-0.39, 0.29) is 12.1 Å². The topological polar surface area (TPSA) is 70.4 Å². The Kier molecular flexibility index (Phi) is 4.92. The summed E-state index contributed by atoms with van der Waals surface area (Å²) < 4.78 is 19.3. The fraction of sp³-hybridized carbons (Fsp3) is 0.154. The molecular weight excluding hydrogens is 452 g/mol. The highest BCUT2D eigenvalue weighted by atomic mass is 35.5. The van der Waals surface area contributed by atoms with E-state index in [1.165, 1.54) is 0 Å². The van der Waals surface area contributed by atoms with Gasteiger partial charge in [0.05, 0.1) is 19.9 Å². The van der Waals surface area contributed by atoms with E-state index in [0.29, 0.717) is 11.0 Å². The molecule has 2 aliphatic rings. The first-order chi connectivity index (χ1) is 16.7. The number of anilines is 1. The van der Waals surface area contributed by atoms with Crippen molar-refractivity contribution in [3.63, 3.8) is 0 Å². The molecule has 3 aromatic carbocycles. The summed E-state index contributed by atoms with van der Waals surface area (Å²) in [5.41, 5.74) is 4.86. The van der Waals surface area contributed by atoms with Crippen LogP contribution >= 0.6 is 11.6 Å². The number of methoxy groups -OCH3 is 2. The average molecular weight is 473 g/mol. The highest BCUT2D eigenvalue weighted by Crippen LogP contribution is 2.51. The average Bonchev–Trinajstić information content (AvgIpc) is 3.35. The Bertz CT molecular complexity index is 1400. The molecule has 6 rings (SSSR count). The van der Waals surface area contributed by atoms with Crippen molar-refractivity contribution < 1.29 is 14.2 Å². The molecular formula is C26H21ClN4O3. The van der Waals surface area contributed by atoms with Crippen LogP contribution in [0.3, 0.4) is 0 Å². The Labute approximate surface area is 201 Å². The zero-order chi connectivity index (χ0) is 23.2. The highest BCUT2D eigenvalue weighted by molar-refractivity contribution is 6.30. The van der Waals surface area contributed by atoms with Crippen LogP contribution in [-0.4, -0.2) is 29.0 Å². The molecule has 3 heterocycles. The van der Waals surface area contributed by atoms with Crippen LogP contribution in [0.15, 0.2) is 78.6 Å². The van der Waals surface area contributed by atoms with Crippen molar-refractivity contribution in [1.82, 2.24) is 14.8 Å². The smallest absolute Gasteiger partial charge is 0.226 e. The van der Waals surface area contributed by atoms with Gasteiger partial charge in [-0.1, -0.05) is 35.9 Å². The second-order valence-corrected chi connectivity index (χ2v) is 8.51. The Morgan fingerprint density at radius 3 is 2.26 bits per heavy atom. The van der Waals surface area contributed by atoms with Gasteiger partial charge in [0.2, 0.25) is 5.95 Å². The first-order valence-electron chi connectivity index (χ1n) is 10.8. The van der Waals surface area contributed by atoms with Gasteiger partial charge in [0, 0.05) is 16.2 Å². The van der Waals surface area contributed by atoms with Gasteiger partial charge in [-0.2, -0.15) is 10.1 Å². The molecule has 2 aliphatic heterocycles. The molecule has 0 radical (unpaired) electrons. The first kappa shape index (κ1) is 20.6. The van der Waals surface area contributed by atoms with Crippen LogP contribution in [0.1, 0.15) is 28.8 Å². The van der Waals surface area contributed by atoms with Crippen LogP contribution < -0.4 is 19.5 Å². The first-order valence-corrected chi connectivity index (χ1v) is 11.2. The van der Waals surface area contributed by atoms with Gasteiger partial charge in [0.1, 0.15) is 35.7 Å². The minimum atomic E-state index is -0.369. The van der Waals surface area contributed by atoms with Crippen LogP contribution in [0.4, 0.5) is 5.95 Å². The third-order valence-corrected chi connectivity index (χ3v) is 6.46. The molecule has 7 nitrogen and oxygen atoms in total. The monoisotopic (exact) mass is 472 g/mol. The normalized spacial score (nSPS) is 18.2. The van der Waals surface area contributed by atoms with Crippen LogP contribution in [0.5, 0.6) is 17.2 Å². The fourth-order valence-electron chi connectivity index (χ4n) is 4.60. The van der Waals surface area contributed by atoms with Gasteiger partial charge >= 0.3 is 0 Å². The maximum atomic E-state index is 6.62.